The summed E-state index contributed by atoms with van der Waals surface area (Å²) in [5, 5.41) is 2.14. The highest BCUT2D eigenvalue weighted by atomic mass is 32.1. The maximum absolute atomic E-state index is 6.30. The van der Waals surface area contributed by atoms with Gasteiger partial charge in [0.1, 0.15) is 0 Å². The van der Waals surface area contributed by atoms with E-state index in [1.807, 2.05) is 11.3 Å². The number of rotatable bonds is 7. The normalized spacial score (nSPS) is 12.5. The van der Waals surface area contributed by atoms with E-state index in [1.54, 1.807) is 0 Å². The van der Waals surface area contributed by atoms with Crippen LogP contribution >= 0.6 is 11.3 Å². The molecule has 19 heavy (non-hydrogen) atoms. The van der Waals surface area contributed by atoms with Crippen molar-refractivity contribution in [1.82, 2.24) is 0 Å². The Morgan fingerprint density at radius 3 is 2.79 bits per heavy atom. The van der Waals surface area contributed by atoms with Crippen LogP contribution in [-0.2, 0) is 12.8 Å². The lowest BCUT2D eigenvalue weighted by molar-refractivity contribution is 0.613. The van der Waals surface area contributed by atoms with Crippen molar-refractivity contribution in [2.75, 3.05) is 0 Å². The van der Waals surface area contributed by atoms with Gasteiger partial charge in [-0.1, -0.05) is 43.7 Å². The molecule has 1 aromatic heterocycles. The van der Waals surface area contributed by atoms with Crippen molar-refractivity contribution < 1.29 is 0 Å². The van der Waals surface area contributed by atoms with Crippen molar-refractivity contribution in [3.05, 3.63) is 57.8 Å². The largest absolute Gasteiger partial charge is 0.324 e. The third kappa shape index (κ3) is 4.48. The molecule has 1 atom stereocenters. The first kappa shape index (κ1) is 14.3. The molecule has 2 aromatic rings. The zero-order chi connectivity index (χ0) is 13.5. The SMILES string of the molecule is CCCc1cccc(C(N)CCCc2cccs2)c1. The van der Waals surface area contributed by atoms with Crippen molar-refractivity contribution >= 4 is 11.3 Å². The third-order valence-corrected chi connectivity index (χ3v) is 4.37. The summed E-state index contributed by atoms with van der Waals surface area (Å²) < 4.78 is 0. The number of hydrogen-bond donors (Lipinski definition) is 1. The van der Waals surface area contributed by atoms with Crippen LogP contribution in [0.25, 0.3) is 0 Å². The molecule has 0 aliphatic heterocycles. The van der Waals surface area contributed by atoms with Crippen molar-refractivity contribution in [3.63, 3.8) is 0 Å². The second-order valence-electron chi connectivity index (χ2n) is 5.07. The standard InChI is InChI=1S/C17H23NS/c1-2-6-14-7-3-8-15(13-14)17(18)11-4-9-16-10-5-12-19-16/h3,5,7-8,10,12-13,17H,2,4,6,9,11,18H2,1H3. The van der Waals surface area contributed by atoms with Crippen LogP contribution in [0.5, 0.6) is 0 Å². The maximum Gasteiger partial charge on any atom is 0.0295 e. The van der Waals surface area contributed by atoms with E-state index in [1.165, 1.54) is 28.8 Å². The topological polar surface area (TPSA) is 26.0 Å². The molecule has 2 N–H and O–H groups in total. The third-order valence-electron chi connectivity index (χ3n) is 3.44. The van der Waals surface area contributed by atoms with Crippen molar-refractivity contribution in [2.24, 2.45) is 5.73 Å². The van der Waals surface area contributed by atoms with Crippen molar-refractivity contribution in [1.29, 1.82) is 0 Å². The molecule has 0 spiro atoms. The first-order chi connectivity index (χ1) is 9.29. The predicted octanol–water partition coefficient (Wildman–Crippen LogP) is 4.72. The molecule has 0 radical (unpaired) electrons. The van der Waals surface area contributed by atoms with Crippen LogP contribution in [0.3, 0.4) is 0 Å². The molecule has 0 fully saturated rings. The summed E-state index contributed by atoms with van der Waals surface area (Å²) in [7, 11) is 0. The fourth-order valence-corrected chi connectivity index (χ4v) is 3.14. The van der Waals surface area contributed by atoms with Gasteiger partial charge in [-0.15, -0.1) is 11.3 Å². The Morgan fingerprint density at radius 1 is 1.16 bits per heavy atom. The highest BCUT2D eigenvalue weighted by Gasteiger charge is 2.06. The van der Waals surface area contributed by atoms with Crippen LogP contribution in [0.4, 0.5) is 0 Å². The van der Waals surface area contributed by atoms with Crippen LogP contribution in [0.2, 0.25) is 0 Å². The Balaban J connectivity index is 1.85. The number of thiophene rings is 1. The summed E-state index contributed by atoms with van der Waals surface area (Å²) >= 11 is 1.84. The van der Waals surface area contributed by atoms with Crippen molar-refractivity contribution in [3.8, 4) is 0 Å². The van der Waals surface area contributed by atoms with E-state index in [9.17, 15) is 0 Å². The molecule has 0 aliphatic carbocycles. The molecule has 0 saturated carbocycles. The fourth-order valence-electron chi connectivity index (χ4n) is 2.39. The Bertz CT molecular complexity index is 476. The molecule has 1 unspecified atom stereocenters. The van der Waals surface area contributed by atoms with E-state index in [2.05, 4.69) is 48.7 Å². The summed E-state index contributed by atoms with van der Waals surface area (Å²) in [6.07, 6.45) is 5.72. The van der Waals surface area contributed by atoms with E-state index in [-0.39, 0.29) is 6.04 Å². The Labute approximate surface area is 120 Å². The van der Waals surface area contributed by atoms with Gasteiger partial charge in [-0.05, 0) is 48.3 Å². The quantitative estimate of drug-likeness (QED) is 0.776. The average molecular weight is 273 g/mol. The molecule has 1 nitrogen and oxygen atoms in total. The van der Waals surface area contributed by atoms with Crippen LogP contribution in [0, 0.1) is 0 Å². The lowest BCUT2D eigenvalue weighted by atomic mass is 9.98. The minimum absolute atomic E-state index is 0.178. The van der Waals surface area contributed by atoms with E-state index >= 15 is 0 Å². The molecular weight excluding hydrogens is 250 g/mol. The summed E-state index contributed by atoms with van der Waals surface area (Å²) in [4.78, 5) is 1.46. The van der Waals surface area contributed by atoms with Gasteiger partial charge in [0.25, 0.3) is 0 Å². The van der Waals surface area contributed by atoms with Crippen LogP contribution in [0.15, 0.2) is 41.8 Å². The number of nitrogens with two attached hydrogens (primary N) is 1. The minimum atomic E-state index is 0.178. The molecular formula is C17H23NS. The van der Waals surface area contributed by atoms with Gasteiger partial charge in [0.05, 0.1) is 0 Å². The van der Waals surface area contributed by atoms with Gasteiger partial charge in [-0.25, -0.2) is 0 Å². The van der Waals surface area contributed by atoms with Gasteiger partial charge < -0.3 is 5.73 Å². The zero-order valence-electron chi connectivity index (χ0n) is 11.6. The number of hydrogen-bond acceptors (Lipinski definition) is 2. The minimum Gasteiger partial charge on any atom is -0.324 e. The predicted molar refractivity (Wildman–Crippen MR) is 84.6 cm³/mol. The summed E-state index contributed by atoms with van der Waals surface area (Å²) in [6, 6.07) is 13.3. The lowest BCUT2D eigenvalue weighted by Crippen LogP contribution is -2.10. The molecule has 102 valence electrons. The van der Waals surface area contributed by atoms with Crippen molar-refractivity contribution in [2.45, 2.75) is 45.1 Å². The van der Waals surface area contributed by atoms with Crippen LogP contribution in [-0.4, -0.2) is 0 Å². The molecule has 0 saturated heterocycles. The average Bonchev–Trinajstić information content (AvgIpc) is 2.92. The zero-order valence-corrected chi connectivity index (χ0v) is 12.5. The van der Waals surface area contributed by atoms with Gasteiger partial charge in [0.15, 0.2) is 0 Å². The Kier molecular flexibility index (Phi) is 5.62. The highest BCUT2D eigenvalue weighted by molar-refractivity contribution is 7.09. The van der Waals surface area contributed by atoms with Crippen LogP contribution < -0.4 is 5.73 Å². The van der Waals surface area contributed by atoms with Gasteiger partial charge >= 0.3 is 0 Å². The molecule has 0 aliphatic rings. The molecule has 0 amide bonds. The molecule has 0 bridgehead atoms. The first-order valence-corrected chi connectivity index (χ1v) is 8.04. The van der Waals surface area contributed by atoms with E-state index < -0.39 is 0 Å². The maximum atomic E-state index is 6.30. The van der Waals surface area contributed by atoms with E-state index in [0.29, 0.717) is 0 Å². The van der Waals surface area contributed by atoms with Crippen LogP contribution in [0.1, 0.15) is 48.2 Å². The number of aryl methyl sites for hydroxylation is 2. The Morgan fingerprint density at radius 2 is 2.05 bits per heavy atom. The second-order valence-corrected chi connectivity index (χ2v) is 6.11. The number of benzene rings is 1. The molecule has 2 rings (SSSR count). The van der Waals surface area contributed by atoms with Gasteiger partial charge in [0, 0.05) is 10.9 Å². The highest BCUT2D eigenvalue weighted by Crippen LogP contribution is 2.20. The smallest absolute Gasteiger partial charge is 0.0295 e. The fraction of sp³-hybridized carbons (Fsp3) is 0.412. The lowest BCUT2D eigenvalue weighted by Gasteiger charge is -2.13. The first-order valence-electron chi connectivity index (χ1n) is 7.16. The summed E-state index contributed by atoms with van der Waals surface area (Å²) in [5.74, 6) is 0. The molecule has 2 heteroatoms. The van der Waals surface area contributed by atoms with Gasteiger partial charge in [-0.2, -0.15) is 0 Å². The van der Waals surface area contributed by atoms with E-state index in [0.717, 1.165) is 19.3 Å². The van der Waals surface area contributed by atoms with Gasteiger partial charge in [-0.3, -0.25) is 0 Å². The molecule has 1 heterocycles. The van der Waals surface area contributed by atoms with Gasteiger partial charge in [0.2, 0.25) is 0 Å². The summed E-state index contributed by atoms with van der Waals surface area (Å²) in [6.45, 7) is 2.22. The molecule has 1 aromatic carbocycles. The Hall–Kier alpha value is -1.12. The van der Waals surface area contributed by atoms with E-state index in [4.69, 9.17) is 5.73 Å². The summed E-state index contributed by atoms with van der Waals surface area (Å²) in [5.41, 5.74) is 9.00. The second kappa shape index (κ2) is 7.46. The monoisotopic (exact) mass is 273 g/mol.